The number of likely N-dealkylation sites (tertiary alicyclic amines) is 1. The van der Waals surface area contributed by atoms with Crippen molar-refractivity contribution >= 4 is 11.8 Å². The largest absolute Gasteiger partial charge is 0.352 e. The minimum absolute atomic E-state index is 0.00579. The van der Waals surface area contributed by atoms with Crippen LogP contribution in [0.25, 0.3) is 0 Å². The predicted molar refractivity (Wildman–Crippen MR) is 70.3 cm³/mol. The SMILES string of the molecule is NCC(=O)NC1C2CN(C(=O)c3ccc(F)cc3)CC21. The molecule has 2 amide bonds. The number of benzene rings is 1. The van der Waals surface area contributed by atoms with Crippen molar-refractivity contribution in [2.75, 3.05) is 19.6 Å². The maximum atomic E-state index is 12.8. The molecule has 0 radical (unpaired) electrons. The zero-order valence-corrected chi connectivity index (χ0v) is 10.9. The van der Waals surface area contributed by atoms with Crippen molar-refractivity contribution in [1.29, 1.82) is 0 Å². The number of nitrogens with one attached hydrogen (secondary N) is 1. The van der Waals surface area contributed by atoms with E-state index in [1.54, 1.807) is 4.90 Å². The van der Waals surface area contributed by atoms with Gasteiger partial charge in [-0.2, -0.15) is 0 Å². The molecular weight excluding hydrogens is 261 g/mol. The number of nitrogens with zero attached hydrogens (tertiary/aromatic N) is 1. The quantitative estimate of drug-likeness (QED) is 0.814. The van der Waals surface area contributed by atoms with Crippen LogP contribution in [-0.2, 0) is 4.79 Å². The zero-order valence-electron chi connectivity index (χ0n) is 10.9. The Morgan fingerprint density at radius 1 is 1.25 bits per heavy atom. The second-order valence-corrected chi connectivity index (χ2v) is 5.34. The molecule has 1 saturated heterocycles. The van der Waals surface area contributed by atoms with Crippen LogP contribution in [0.15, 0.2) is 24.3 Å². The number of rotatable bonds is 3. The number of halogens is 1. The zero-order chi connectivity index (χ0) is 14.3. The van der Waals surface area contributed by atoms with Gasteiger partial charge in [0.2, 0.25) is 5.91 Å². The lowest BCUT2D eigenvalue weighted by atomic mass is 10.2. The maximum absolute atomic E-state index is 12.8. The molecule has 6 heteroatoms. The fourth-order valence-corrected chi connectivity index (χ4v) is 2.93. The highest BCUT2D eigenvalue weighted by Gasteiger charge is 2.57. The first-order chi connectivity index (χ1) is 9.60. The third-order valence-electron chi connectivity index (χ3n) is 4.09. The predicted octanol–water partition coefficient (Wildman–Crippen LogP) is -0.0290. The normalized spacial score (nSPS) is 27.1. The Kier molecular flexibility index (Phi) is 3.17. The van der Waals surface area contributed by atoms with E-state index in [1.165, 1.54) is 24.3 Å². The molecular formula is C14H16FN3O2. The highest BCUT2D eigenvalue weighted by Crippen LogP contribution is 2.45. The summed E-state index contributed by atoms with van der Waals surface area (Å²) in [6, 6.07) is 5.72. The smallest absolute Gasteiger partial charge is 0.253 e. The van der Waals surface area contributed by atoms with Crippen molar-refractivity contribution in [1.82, 2.24) is 10.2 Å². The summed E-state index contributed by atoms with van der Waals surface area (Å²) >= 11 is 0. The van der Waals surface area contributed by atoms with E-state index in [0.29, 0.717) is 30.5 Å². The monoisotopic (exact) mass is 277 g/mol. The molecule has 106 valence electrons. The molecule has 2 unspecified atom stereocenters. The second-order valence-electron chi connectivity index (χ2n) is 5.34. The third kappa shape index (κ3) is 2.27. The van der Waals surface area contributed by atoms with E-state index < -0.39 is 0 Å². The van der Waals surface area contributed by atoms with Crippen LogP contribution in [-0.4, -0.2) is 42.4 Å². The lowest BCUT2D eigenvalue weighted by Gasteiger charge is -2.20. The van der Waals surface area contributed by atoms with E-state index in [2.05, 4.69) is 5.32 Å². The topological polar surface area (TPSA) is 75.4 Å². The van der Waals surface area contributed by atoms with Gasteiger partial charge in [0.1, 0.15) is 5.82 Å². The summed E-state index contributed by atoms with van der Waals surface area (Å²) in [6.45, 7) is 1.26. The van der Waals surface area contributed by atoms with Gasteiger partial charge in [0.05, 0.1) is 6.54 Å². The Labute approximate surface area is 115 Å². The molecule has 2 aliphatic rings. The van der Waals surface area contributed by atoms with E-state index in [1.807, 2.05) is 0 Å². The Morgan fingerprint density at radius 2 is 1.85 bits per heavy atom. The van der Waals surface area contributed by atoms with Crippen molar-refractivity contribution in [2.24, 2.45) is 17.6 Å². The van der Waals surface area contributed by atoms with Crippen LogP contribution in [0.1, 0.15) is 10.4 Å². The number of amides is 2. The molecule has 0 spiro atoms. The molecule has 1 aliphatic heterocycles. The first-order valence-electron chi connectivity index (χ1n) is 6.64. The standard InChI is InChI=1S/C14H16FN3O2/c15-9-3-1-8(2-4-9)14(20)18-6-10-11(7-18)13(10)17-12(19)5-16/h1-4,10-11,13H,5-7,16H2,(H,17,19). The van der Waals surface area contributed by atoms with E-state index in [9.17, 15) is 14.0 Å². The van der Waals surface area contributed by atoms with Crippen LogP contribution in [0, 0.1) is 17.7 Å². The number of fused-ring (bicyclic) bond motifs is 1. The lowest BCUT2D eigenvalue weighted by Crippen LogP contribution is -2.39. The van der Waals surface area contributed by atoms with Gasteiger partial charge in [0.25, 0.3) is 5.91 Å². The minimum atomic E-state index is -0.351. The number of hydrogen-bond donors (Lipinski definition) is 2. The molecule has 2 atom stereocenters. The highest BCUT2D eigenvalue weighted by atomic mass is 19.1. The molecule has 1 saturated carbocycles. The highest BCUT2D eigenvalue weighted by molar-refractivity contribution is 5.94. The summed E-state index contributed by atoms with van der Waals surface area (Å²) in [4.78, 5) is 25.2. The molecule has 2 fully saturated rings. The summed E-state index contributed by atoms with van der Waals surface area (Å²) < 4.78 is 12.8. The van der Waals surface area contributed by atoms with Crippen LogP contribution in [0.4, 0.5) is 4.39 Å². The third-order valence-corrected chi connectivity index (χ3v) is 4.09. The van der Waals surface area contributed by atoms with Crippen molar-refractivity contribution in [2.45, 2.75) is 6.04 Å². The van der Waals surface area contributed by atoms with Crippen molar-refractivity contribution < 1.29 is 14.0 Å². The van der Waals surface area contributed by atoms with Gasteiger partial charge in [-0.05, 0) is 24.3 Å². The van der Waals surface area contributed by atoms with Crippen molar-refractivity contribution in [3.8, 4) is 0 Å². The Morgan fingerprint density at radius 3 is 2.40 bits per heavy atom. The first kappa shape index (κ1) is 13.1. The van der Waals surface area contributed by atoms with Gasteiger partial charge in [0, 0.05) is 36.5 Å². The minimum Gasteiger partial charge on any atom is -0.352 e. The van der Waals surface area contributed by atoms with Gasteiger partial charge in [-0.3, -0.25) is 9.59 Å². The van der Waals surface area contributed by atoms with Gasteiger partial charge in [-0.15, -0.1) is 0 Å². The van der Waals surface area contributed by atoms with Gasteiger partial charge in [0.15, 0.2) is 0 Å². The van der Waals surface area contributed by atoms with Gasteiger partial charge in [-0.25, -0.2) is 4.39 Å². The van der Waals surface area contributed by atoms with Gasteiger partial charge >= 0.3 is 0 Å². The molecule has 3 rings (SSSR count). The lowest BCUT2D eigenvalue weighted by molar-refractivity contribution is -0.120. The van der Waals surface area contributed by atoms with Gasteiger partial charge < -0.3 is 16.0 Å². The first-order valence-corrected chi connectivity index (χ1v) is 6.64. The summed E-state index contributed by atoms with van der Waals surface area (Å²) in [5, 5.41) is 2.86. The molecule has 1 heterocycles. The maximum Gasteiger partial charge on any atom is 0.253 e. The number of carbonyl (C=O) groups excluding carboxylic acids is 2. The molecule has 0 aromatic heterocycles. The van der Waals surface area contributed by atoms with Crippen molar-refractivity contribution in [3.63, 3.8) is 0 Å². The molecule has 1 aromatic rings. The summed E-state index contributed by atoms with van der Waals surface area (Å²) in [6.07, 6.45) is 0. The van der Waals surface area contributed by atoms with Crippen LogP contribution in [0.5, 0.6) is 0 Å². The molecule has 1 aliphatic carbocycles. The Hall–Kier alpha value is -1.95. The van der Waals surface area contributed by atoms with E-state index in [-0.39, 0.29) is 30.2 Å². The van der Waals surface area contributed by atoms with Crippen LogP contribution < -0.4 is 11.1 Å². The van der Waals surface area contributed by atoms with Crippen LogP contribution in [0.2, 0.25) is 0 Å². The molecule has 5 nitrogen and oxygen atoms in total. The number of carbonyl (C=O) groups is 2. The van der Waals surface area contributed by atoms with E-state index in [4.69, 9.17) is 5.73 Å². The fourth-order valence-electron chi connectivity index (χ4n) is 2.93. The average molecular weight is 277 g/mol. The molecule has 20 heavy (non-hydrogen) atoms. The van der Waals surface area contributed by atoms with E-state index in [0.717, 1.165) is 0 Å². The molecule has 1 aromatic carbocycles. The second kappa shape index (κ2) is 4.86. The van der Waals surface area contributed by atoms with Crippen LogP contribution in [0.3, 0.4) is 0 Å². The Balaban J connectivity index is 1.57. The number of piperidine rings is 1. The number of hydrogen-bond acceptors (Lipinski definition) is 3. The molecule has 0 bridgehead atoms. The summed E-state index contributed by atoms with van der Waals surface area (Å²) in [5.74, 6) is 0.0714. The van der Waals surface area contributed by atoms with E-state index >= 15 is 0 Å². The summed E-state index contributed by atoms with van der Waals surface area (Å²) in [7, 11) is 0. The summed E-state index contributed by atoms with van der Waals surface area (Å²) in [5.41, 5.74) is 5.75. The Bertz CT molecular complexity index is 534. The van der Waals surface area contributed by atoms with Crippen LogP contribution >= 0.6 is 0 Å². The van der Waals surface area contributed by atoms with Crippen molar-refractivity contribution in [3.05, 3.63) is 35.6 Å². The van der Waals surface area contributed by atoms with Gasteiger partial charge in [-0.1, -0.05) is 0 Å². The number of nitrogens with two attached hydrogens (primary N) is 1. The molecule has 3 N–H and O–H groups in total. The average Bonchev–Trinajstić information content (AvgIpc) is 2.89. The fraction of sp³-hybridized carbons (Fsp3) is 0.429.